The number of aliphatic carboxylic acids is 2. The van der Waals surface area contributed by atoms with Crippen LogP contribution in [0.1, 0.15) is 0 Å². The molecule has 0 aromatic carbocycles. The van der Waals surface area contributed by atoms with Gasteiger partial charge in [0.25, 0.3) is 0 Å². The molecule has 2 aliphatic rings. The monoisotopic (exact) mass is 410 g/mol. The highest BCUT2D eigenvalue weighted by Gasteiger charge is 2.40. The summed E-state index contributed by atoms with van der Waals surface area (Å²) in [6.45, 7) is 4.45. The number of fused-ring (bicyclic) bond motifs is 3. The zero-order chi connectivity index (χ0) is 19.4. The van der Waals surface area contributed by atoms with Crippen LogP contribution in [0, 0.1) is 11.8 Å². The van der Waals surface area contributed by atoms with Gasteiger partial charge in [-0.25, -0.2) is 0 Å². The molecule has 2 heterocycles. The molecule has 2 saturated heterocycles. The van der Waals surface area contributed by atoms with Gasteiger partial charge in [0.1, 0.15) is 16.9 Å². The molecule has 6 unspecified atom stereocenters. The molecule has 2 aliphatic heterocycles. The van der Waals surface area contributed by atoms with Crippen molar-refractivity contribution in [3.05, 3.63) is 0 Å². The Balaban J connectivity index is 2.29. The van der Waals surface area contributed by atoms with Gasteiger partial charge in [-0.15, -0.1) is 23.2 Å². The Labute approximate surface area is 164 Å². The molecule has 0 saturated carbocycles. The van der Waals surface area contributed by atoms with Gasteiger partial charge in [0, 0.05) is 52.4 Å². The van der Waals surface area contributed by atoms with Crippen molar-refractivity contribution < 1.29 is 19.8 Å². The minimum atomic E-state index is -1.01. The standard InChI is InChI=1S/C16H28Cl2N4O4/c1-19-3-7-22-8-6-21(10-11(9-19)15(23)24)5-4-20(2)13(17)12(14(22)18)16(25)26/h11-14H,3-10H2,1-2H3,(H,23,24)(H,25,26). The van der Waals surface area contributed by atoms with Gasteiger partial charge in [0.05, 0.1) is 5.92 Å². The minimum Gasteiger partial charge on any atom is -0.481 e. The molecule has 0 aromatic rings. The Morgan fingerprint density at radius 2 is 1.46 bits per heavy atom. The number of hydrogen-bond acceptors (Lipinski definition) is 6. The van der Waals surface area contributed by atoms with Crippen molar-refractivity contribution >= 4 is 35.1 Å². The van der Waals surface area contributed by atoms with Gasteiger partial charge < -0.3 is 15.1 Å². The SMILES string of the molecule is CN1CCN2CCN(CCN(C)C(Cl)C(C(=O)O)C2Cl)CC(C(=O)O)C1. The second kappa shape index (κ2) is 9.52. The molecule has 0 spiro atoms. The molecule has 2 fully saturated rings. The number of likely N-dealkylation sites (N-methyl/N-ethyl adjacent to an activating group) is 2. The normalized spacial score (nSPS) is 38.6. The third-order valence-electron chi connectivity index (χ3n) is 5.25. The van der Waals surface area contributed by atoms with E-state index in [1.807, 2.05) is 16.8 Å². The van der Waals surface area contributed by atoms with Gasteiger partial charge in [-0.3, -0.25) is 24.3 Å². The van der Waals surface area contributed by atoms with Crippen LogP contribution in [0.25, 0.3) is 0 Å². The lowest BCUT2D eigenvalue weighted by atomic mass is 10.1. The van der Waals surface area contributed by atoms with E-state index in [-0.39, 0.29) is 0 Å². The zero-order valence-corrected chi connectivity index (χ0v) is 16.7. The summed E-state index contributed by atoms with van der Waals surface area (Å²) in [4.78, 5) is 31.2. The number of halogens is 2. The highest BCUT2D eigenvalue weighted by atomic mass is 35.5. The van der Waals surface area contributed by atoms with E-state index in [9.17, 15) is 19.8 Å². The fourth-order valence-corrected chi connectivity index (χ4v) is 4.36. The van der Waals surface area contributed by atoms with E-state index >= 15 is 0 Å². The molecular weight excluding hydrogens is 383 g/mol. The molecule has 26 heavy (non-hydrogen) atoms. The number of carboxylic acids is 2. The van der Waals surface area contributed by atoms with Crippen molar-refractivity contribution in [1.29, 1.82) is 0 Å². The van der Waals surface area contributed by atoms with Gasteiger partial charge in [0.15, 0.2) is 0 Å². The van der Waals surface area contributed by atoms with E-state index in [0.717, 1.165) is 0 Å². The maximum Gasteiger partial charge on any atom is 0.312 e. The van der Waals surface area contributed by atoms with Crippen LogP contribution in [0.5, 0.6) is 0 Å². The third kappa shape index (κ3) is 5.43. The molecule has 0 aliphatic carbocycles. The quantitative estimate of drug-likeness (QED) is 0.486. The molecule has 2 rings (SSSR count). The smallest absolute Gasteiger partial charge is 0.312 e. The van der Waals surface area contributed by atoms with E-state index in [4.69, 9.17) is 23.2 Å². The lowest BCUT2D eigenvalue weighted by Gasteiger charge is -2.41. The number of alkyl halides is 2. The summed E-state index contributed by atoms with van der Waals surface area (Å²) in [6, 6.07) is 0. The summed E-state index contributed by atoms with van der Waals surface area (Å²) in [5.41, 5.74) is -1.48. The number of rotatable bonds is 2. The zero-order valence-electron chi connectivity index (χ0n) is 15.2. The van der Waals surface area contributed by atoms with Crippen LogP contribution in [0.3, 0.4) is 0 Å². The summed E-state index contributed by atoms with van der Waals surface area (Å²) in [5.74, 6) is -3.19. The van der Waals surface area contributed by atoms with E-state index in [0.29, 0.717) is 52.4 Å². The van der Waals surface area contributed by atoms with Crippen LogP contribution in [0.4, 0.5) is 0 Å². The predicted molar refractivity (Wildman–Crippen MR) is 99.7 cm³/mol. The van der Waals surface area contributed by atoms with Gasteiger partial charge in [-0.1, -0.05) is 0 Å². The molecule has 0 radical (unpaired) electrons. The fourth-order valence-electron chi connectivity index (χ4n) is 3.51. The summed E-state index contributed by atoms with van der Waals surface area (Å²) < 4.78 is 0. The number of carboxylic acid groups (broad SMARTS) is 2. The Hall–Kier alpha value is -0.640. The molecule has 2 N–H and O–H groups in total. The van der Waals surface area contributed by atoms with Crippen molar-refractivity contribution in [3.8, 4) is 0 Å². The van der Waals surface area contributed by atoms with Crippen molar-refractivity contribution in [2.45, 2.75) is 11.0 Å². The highest BCUT2D eigenvalue weighted by Crippen LogP contribution is 2.26. The van der Waals surface area contributed by atoms with Gasteiger partial charge in [-0.05, 0) is 14.1 Å². The van der Waals surface area contributed by atoms with Crippen LogP contribution in [-0.2, 0) is 9.59 Å². The summed E-state index contributed by atoms with van der Waals surface area (Å²) in [6.07, 6.45) is 0. The van der Waals surface area contributed by atoms with Crippen molar-refractivity contribution in [2.24, 2.45) is 11.8 Å². The predicted octanol–water partition coefficient (Wildman–Crippen LogP) is 0.0126. The summed E-state index contributed by atoms with van der Waals surface area (Å²) in [5, 5.41) is 19.2. The molecular formula is C16H28Cl2N4O4. The second-order valence-electron chi connectivity index (χ2n) is 7.22. The topological polar surface area (TPSA) is 87.6 Å². The van der Waals surface area contributed by atoms with Crippen molar-refractivity contribution in [2.75, 3.05) is 66.5 Å². The van der Waals surface area contributed by atoms with Gasteiger partial charge in [-0.2, -0.15) is 0 Å². The van der Waals surface area contributed by atoms with E-state index in [2.05, 4.69) is 4.90 Å². The maximum atomic E-state index is 11.8. The molecule has 0 aromatic heterocycles. The Morgan fingerprint density at radius 3 is 2.08 bits per heavy atom. The third-order valence-corrected chi connectivity index (χ3v) is 6.40. The minimum absolute atomic E-state index is 0.447. The second-order valence-corrected chi connectivity index (χ2v) is 8.12. The van der Waals surface area contributed by atoms with Crippen LogP contribution < -0.4 is 0 Å². The van der Waals surface area contributed by atoms with Gasteiger partial charge >= 0.3 is 11.9 Å². The fraction of sp³-hybridized carbons (Fsp3) is 0.875. The van der Waals surface area contributed by atoms with Crippen LogP contribution in [0.2, 0.25) is 0 Å². The first-order valence-corrected chi connectivity index (χ1v) is 9.67. The van der Waals surface area contributed by atoms with E-state index in [1.54, 1.807) is 11.9 Å². The lowest BCUT2D eigenvalue weighted by molar-refractivity contribution is -0.146. The van der Waals surface area contributed by atoms with Crippen molar-refractivity contribution in [1.82, 2.24) is 19.6 Å². The molecule has 8 nitrogen and oxygen atoms in total. The molecule has 6 atom stereocenters. The summed E-state index contributed by atoms with van der Waals surface area (Å²) >= 11 is 13.0. The van der Waals surface area contributed by atoms with Gasteiger partial charge in [0.2, 0.25) is 0 Å². The first kappa shape index (κ1) is 21.7. The van der Waals surface area contributed by atoms with E-state index in [1.165, 1.54) is 0 Å². The number of carbonyl (C=O) groups is 2. The molecule has 150 valence electrons. The number of nitrogens with zero attached hydrogens (tertiary/aromatic N) is 4. The highest BCUT2D eigenvalue weighted by molar-refractivity contribution is 6.25. The van der Waals surface area contributed by atoms with Crippen LogP contribution in [-0.4, -0.2) is 119 Å². The van der Waals surface area contributed by atoms with Crippen LogP contribution in [0.15, 0.2) is 0 Å². The molecule has 10 heteroatoms. The number of hydrogen-bond donors (Lipinski definition) is 2. The Bertz CT molecular complexity index is 513. The Morgan fingerprint density at radius 1 is 0.846 bits per heavy atom. The molecule has 0 amide bonds. The average molecular weight is 411 g/mol. The van der Waals surface area contributed by atoms with Crippen molar-refractivity contribution in [3.63, 3.8) is 0 Å². The van der Waals surface area contributed by atoms with Crippen LogP contribution >= 0.6 is 23.2 Å². The Kier molecular flexibility index (Phi) is 7.93. The summed E-state index contributed by atoms with van der Waals surface area (Å²) in [7, 11) is 3.65. The largest absolute Gasteiger partial charge is 0.481 e. The maximum absolute atomic E-state index is 11.8. The lowest BCUT2D eigenvalue weighted by Crippen LogP contribution is -2.56. The molecule has 2 bridgehead atoms. The van der Waals surface area contributed by atoms with E-state index < -0.39 is 34.8 Å². The first-order valence-electron chi connectivity index (χ1n) is 8.79. The first-order chi connectivity index (χ1) is 12.2. The average Bonchev–Trinajstić information content (AvgIpc) is 2.56.